The van der Waals surface area contributed by atoms with Gasteiger partial charge in [-0.1, -0.05) is 12.1 Å². The Morgan fingerprint density at radius 1 is 1.19 bits per heavy atom. The second kappa shape index (κ2) is 9.51. The quantitative estimate of drug-likeness (QED) is 0.330. The molecule has 4 nitrogen and oxygen atoms in total. The molecule has 2 aromatic rings. The van der Waals surface area contributed by atoms with Gasteiger partial charge in [0.25, 0.3) is 0 Å². The number of hydrogen-bond donors (Lipinski definition) is 2. The molecule has 0 amide bonds. The molecule has 0 aliphatic rings. The molecule has 0 aliphatic carbocycles. The van der Waals surface area contributed by atoms with Gasteiger partial charge in [0, 0.05) is 31.9 Å². The molecular weight excluding hydrogens is 368 g/mol. The lowest BCUT2D eigenvalue weighted by Gasteiger charge is -2.11. The van der Waals surface area contributed by atoms with Crippen LogP contribution in [0.3, 0.4) is 0 Å². The highest BCUT2D eigenvalue weighted by Gasteiger charge is 2.33. The highest BCUT2D eigenvalue weighted by Crippen LogP contribution is 2.29. The van der Waals surface area contributed by atoms with E-state index in [4.69, 9.17) is 0 Å². The summed E-state index contributed by atoms with van der Waals surface area (Å²) in [5, 5.41) is 7.60. The van der Waals surface area contributed by atoms with E-state index in [0.717, 1.165) is 35.1 Å². The summed E-state index contributed by atoms with van der Waals surface area (Å²) in [4.78, 5) is 7.64. The van der Waals surface area contributed by atoms with Crippen molar-refractivity contribution < 1.29 is 17.6 Å². The monoisotopic (exact) mass is 388 g/mol. The predicted molar refractivity (Wildman–Crippen MR) is 94.9 cm³/mol. The minimum Gasteiger partial charge on any atom is -0.356 e. The van der Waals surface area contributed by atoms with Crippen LogP contribution in [0.1, 0.15) is 22.7 Å². The van der Waals surface area contributed by atoms with Crippen molar-refractivity contribution in [3.63, 3.8) is 0 Å². The summed E-state index contributed by atoms with van der Waals surface area (Å²) >= 11 is 0.994. The number of benzene rings is 1. The van der Waals surface area contributed by atoms with Crippen LogP contribution in [0.25, 0.3) is 0 Å². The van der Waals surface area contributed by atoms with Gasteiger partial charge in [-0.3, -0.25) is 4.99 Å². The number of aromatic nitrogens is 1. The average Bonchev–Trinajstić information content (AvgIpc) is 3.06. The molecule has 2 rings (SSSR count). The largest absolute Gasteiger partial charge is 0.434 e. The first-order valence-corrected chi connectivity index (χ1v) is 8.97. The summed E-state index contributed by atoms with van der Waals surface area (Å²) in [5.74, 6) is 0.320. The number of thiazole rings is 1. The van der Waals surface area contributed by atoms with E-state index >= 15 is 0 Å². The first-order chi connectivity index (χ1) is 12.4. The van der Waals surface area contributed by atoms with E-state index in [1.807, 2.05) is 6.07 Å². The third-order valence-corrected chi connectivity index (χ3v) is 4.43. The van der Waals surface area contributed by atoms with Gasteiger partial charge >= 0.3 is 6.18 Å². The maximum atomic E-state index is 13.1. The zero-order chi connectivity index (χ0) is 19.0. The molecule has 1 aromatic heterocycles. The lowest BCUT2D eigenvalue weighted by atomic mass is 10.1. The van der Waals surface area contributed by atoms with Gasteiger partial charge in [-0.2, -0.15) is 13.2 Å². The number of alkyl halides is 3. The summed E-state index contributed by atoms with van der Waals surface area (Å²) in [6.07, 6.45) is -2.49. The van der Waals surface area contributed by atoms with Gasteiger partial charge in [-0.15, -0.1) is 11.3 Å². The van der Waals surface area contributed by atoms with Crippen LogP contribution in [-0.4, -0.2) is 31.1 Å². The Kier molecular flexibility index (Phi) is 7.38. The van der Waals surface area contributed by atoms with Crippen LogP contribution in [-0.2, 0) is 19.0 Å². The molecule has 0 saturated heterocycles. The van der Waals surface area contributed by atoms with Crippen molar-refractivity contribution in [1.29, 1.82) is 0 Å². The van der Waals surface area contributed by atoms with Crippen molar-refractivity contribution in [3.05, 3.63) is 51.7 Å². The Morgan fingerprint density at radius 2 is 1.96 bits per heavy atom. The molecule has 0 spiro atoms. The molecule has 0 radical (unpaired) electrons. The lowest BCUT2D eigenvalue weighted by molar-refractivity contribution is -0.140. The number of nitrogens with one attached hydrogen (secondary N) is 2. The van der Waals surface area contributed by atoms with Crippen LogP contribution in [0, 0.1) is 5.82 Å². The van der Waals surface area contributed by atoms with Crippen molar-refractivity contribution in [2.45, 2.75) is 25.4 Å². The number of aryl methyl sites for hydroxylation is 1. The molecule has 0 unspecified atom stereocenters. The molecule has 1 aromatic carbocycles. The standard InChI is InChI=1S/C17H20F4N4S/c1-22-16(23-8-3-5-12-4-2-6-13(18)10-12)24-9-7-15-25-14(11-26-15)17(19,20)21/h2,4,6,10-11H,3,5,7-9H2,1H3,(H2,22,23,24). The second-order valence-corrected chi connectivity index (χ2v) is 6.48. The first kappa shape index (κ1) is 20.2. The van der Waals surface area contributed by atoms with E-state index in [2.05, 4.69) is 20.6 Å². The van der Waals surface area contributed by atoms with E-state index in [9.17, 15) is 17.6 Å². The van der Waals surface area contributed by atoms with Gasteiger partial charge in [-0.25, -0.2) is 9.37 Å². The molecule has 0 aliphatic heterocycles. The van der Waals surface area contributed by atoms with Gasteiger partial charge in [0.2, 0.25) is 0 Å². The summed E-state index contributed by atoms with van der Waals surface area (Å²) < 4.78 is 50.6. The predicted octanol–water partition coefficient (Wildman–Crippen LogP) is 3.64. The van der Waals surface area contributed by atoms with Crippen LogP contribution < -0.4 is 10.6 Å². The summed E-state index contributed by atoms with van der Waals surface area (Å²) in [6, 6.07) is 6.48. The maximum Gasteiger partial charge on any atom is 0.434 e. The fourth-order valence-electron chi connectivity index (χ4n) is 2.26. The minimum absolute atomic E-state index is 0.246. The summed E-state index contributed by atoms with van der Waals surface area (Å²) in [7, 11) is 1.62. The molecular formula is C17H20F4N4S. The fourth-order valence-corrected chi connectivity index (χ4v) is 3.06. The third-order valence-electron chi connectivity index (χ3n) is 3.52. The van der Waals surface area contributed by atoms with Gasteiger partial charge in [-0.05, 0) is 30.5 Å². The number of rotatable bonds is 7. The third kappa shape index (κ3) is 6.62. The number of aliphatic imine (C=N–C) groups is 1. The van der Waals surface area contributed by atoms with Crippen molar-refractivity contribution in [2.75, 3.05) is 20.1 Å². The molecule has 0 fully saturated rings. The van der Waals surface area contributed by atoms with Crippen LogP contribution in [0.5, 0.6) is 0 Å². The van der Waals surface area contributed by atoms with Crippen LogP contribution in [0.4, 0.5) is 17.6 Å². The number of guanidine groups is 1. The van der Waals surface area contributed by atoms with Gasteiger partial charge in [0.1, 0.15) is 5.82 Å². The average molecular weight is 388 g/mol. The van der Waals surface area contributed by atoms with Crippen LogP contribution >= 0.6 is 11.3 Å². The Labute approximate surface area is 153 Å². The Morgan fingerprint density at radius 3 is 2.62 bits per heavy atom. The highest BCUT2D eigenvalue weighted by atomic mass is 32.1. The zero-order valence-electron chi connectivity index (χ0n) is 14.2. The highest BCUT2D eigenvalue weighted by molar-refractivity contribution is 7.09. The van der Waals surface area contributed by atoms with Gasteiger partial charge < -0.3 is 10.6 Å². The normalized spacial score (nSPS) is 12.3. The molecule has 9 heteroatoms. The summed E-state index contributed by atoms with van der Waals surface area (Å²) in [6.45, 7) is 1.07. The fraction of sp³-hybridized carbons (Fsp3) is 0.412. The SMILES string of the molecule is CN=C(NCCCc1cccc(F)c1)NCCc1nc(C(F)(F)F)cs1. The van der Waals surface area contributed by atoms with Crippen molar-refractivity contribution in [2.24, 2.45) is 4.99 Å². The number of halogens is 4. The van der Waals surface area contributed by atoms with E-state index in [-0.39, 0.29) is 5.82 Å². The molecule has 0 bridgehead atoms. The van der Waals surface area contributed by atoms with E-state index in [1.165, 1.54) is 12.1 Å². The smallest absolute Gasteiger partial charge is 0.356 e. The topological polar surface area (TPSA) is 49.3 Å². The molecule has 2 N–H and O–H groups in total. The Bertz CT molecular complexity index is 728. The molecule has 1 heterocycles. The van der Waals surface area contributed by atoms with Crippen molar-refractivity contribution in [3.8, 4) is 0 Å². The van der Waals surface area contributed by atoms with Crippen LogP contribution in [0.2, 0.25) is 0 Å². The molecule has 0 atom stereocenters. The number of nitrogens with zero attached hydrogens (tertiary/aromatic N) is 2. The Hall–Kier alpha value is -2.16. The van der Waals surface area contributed by atoms with E-state index < -0.39 is 11.9 Å². The van der Waals surface area contributed by atoms with E-state index in [1.54, 1.807) is 13.1 Å². The Balaban J connectivity index is 1.67. The second-order valence-electron chi connectivity index (χ2n) is 5.53. The molecule has 26 heavy (non-hydrogen) atoms. The minimum atomic E-state index is -4.40. The first-order valence-electron chi connectivity index (χ1n) is 8.09. The molecule has 142 valence electrons. The maximum absolute atomic E-state index is 13.1. The van der Waals surface area contributed by atoms with E-state index in [0.29, 0.717) is 30.5 Å². The van der Waals surface area contributed by atoms with Crippen molar-refractivity contribution in [1.82, 2.24) is 15.6 Å². The lowest BCUT2D eigenvalue weighted by Crippen LogP contribution is -2.38. The summed E-state index contributed by atoms with van der Waals surface area (Å²) in [5.41, 5.74) is 0.0799. The van der Waals surface area contributed by atoms with Crippen LogP contribution in [0.15, 0.2) is 34.6 Å². The van der Waals surface area contributed by atoms with Gasteiger partial charge in [0.05, 0.1) is 5.01 Å². The van der Waals surface area contributed by atoms with Gasteiger partial charge in [0.15, 0.2) is 11.7 Å². The number of hydrogen-bond acceptors (Lipinski definition) is 3. The zero-order valence-corrected chi connectivity index (χ0v) is 15.1. The van der Waals surface area contributed by atoms with Crippen molar-refractivity contribution >= 4 is 17.3 Å². The molecule has 0 saturated carbocycles.